The first-order chi connectivity index (χ1) is 11.5. The third-order valence-electron chi connectivity index (χ3n) is 4.11. The molecule has 5 heteroatoms. The predicted octanol–water partition coefficient (Wildman–Crippen LogP) is 2.94. The van der Waals surface area contributed by atoms with Crippen LogP contribution >= 0.6 is 0 Å². The maximum Gasteiger partial charge on any atom is 0.300 e. The fourth-order valence-electron chi connectivity index (χ4n) is 2.92. The number of para-hydroxylation sites is 1. The molecular weight excluding hydrogens is 304 g/mol. The number of nitrogens with one attached hydrogen (secondary N) is 1. The fourth-order valence-corrected chi connectivity index (χ4v) is 2.92. The number of rotatable bonds is 4. The maximum absolute atomic E-state index is 12.6. The molecule has 2 aromatic rings. The molecule has 1 atom stereocenters. The van der Waals surface area contributed by atoms with Crippen LogP contribution in [0.4, 0.5) is 11.4 Å². The van der Waals surface area contributed by atoms with Gasteiger partial charge >= 0.3 is 0 Å². The van der Waals surface area contributed by atoms with Crippen molar-refractivity contribution in [2.75, 3.05) is 10.2 Å². The molecule has 3 rings (SSSR count). The first-order valence-electron chi connectivity index (χ1n) is 7.87. The highest BCUT2D eigenvalue weighted by atomic mass is 16.2. The van der Waals surface area contributed by atoms with Crippen molar-refractivity contribution in [2.45, 2.75) is 26.3 Å². The summed E-state index contributed by atoms with van der Waals surface area (Å²) in [7, 11) is 0. The van der Waals surface area contributed by atoms with Crippen LogP contribution in [0.1, 0.15) is 29.3 Å². The number of amides is 2. The number of carbonyl (C=O) groups is 3. The van der Waals surface area contributed by atoms with E-state index in [-0.39, 0.29) is 5.91 Å². The summed E-state index contributed by atoms with van der Waals surface area (Å²) in [4.78, 5) is 38.6. The van der Waals surface area contributed by atoms with Crippen molar-refractivity contribution >= 4 is 29.0 Å². The summed E-state index contributed by atoms with van der Waals surface area (Å²) in [6.45, 7) is 3.68. The number of hydrogen-bond acceptors (Lipinski definition) is 3. The van der Waals surface area contributed by atoms with E-state index in [2.05, 4.69) is 5.32 Å². The topological polar surface area (TPSA) is 66.5 Å². The summed E-state index contributed by atoms with van der Waals surface area (Å²) in [5.74, 6) is -1.51. The van der Waals surface area contributed by atoms with Crippen molar-refractivity contribution in [1.29, 1.82) is 0 Å². The van der Waals surface area contributed by atoms with Gasteiger partial charge in [-0.1, -0.05) is 36.8 Å². The predicted molar refractivity (Wildman–Crippen MR) is 92.1 cm³/mol. The number of hydrogen-bond donors (Lipinski definition) is 1. The summed E-state index contributed by atoms with van der Waals surface area (Å²) in [5.41, 5.74) is 2.43. The lowest BCUT2D eigenvalue weighted by Gasteiger charge is -2.26. The zero-order chi connectivity index (χ0) is 17.3. The molecule has 0 bridgehead atoms. The molecule has 0 saturated heterocycles. The van der Waals surface area contributed by atoms with Gasteiger partial charge in [0.25, 0.3) is 11.7 Å². The van der Waals surface area contributed by atoms with Gasteiger partial charge < -0.3 is 5.32 Å². The van der Waals surface area contributed by atoms with Gasteiger partial charge in [-0.3, -0.25) is 19.3 Å². The van der Waals surface area contributed by atoms with E-state index in [0.29, 0.717) is 23.4 Å². The monoisotopic (exact) mass is 322 g/mol. The number of Topliss-reactive ketones (excluding diaryl/α,β-unsaturated/α-hetero) is 1. The highest BCUT2D eigenvalue weighted by Crippen LogP contribution is 2.32. The lowest BCUT2D eigenvalue weighted by atomic mass is 10.1. The average molecular weight is 322 g/mol. The van der Waals surface area contributed by atoms with Crippen LogP contribution in [-0.2, 0) is 9.59 Å². The summed E-state index contributed by atoms with van der Waals surface area (Å²) >= 11 is 0. The van der Waals surface area contributed by atoms with E-state index >= 15 is 0 Å². The van der Waals surface area contributed by atoms with Gasteiger partial charge in [0, 0.05) is 5.69 Å². The van der Waals surface area contributed by atoms with Crippen molar-refractivity contribution < 1.29 is 14.4 Å². The second-order valence-corrected chi connectivity index (χ2v) is 5.80. The Balaban J connectivity index is 1.92. The third kappa shape index (κ3) is 2.69. The molecular formula is C19H18N2O3. The summed E-state index contributed by atoms with van der Waals surface area (Å²) < 4.78 is 0. The molecule has 122 valence electrons. The molecule has 0 aromatic heterocycles. The van der Waals surface area contributed by atoms with Crippen molar-refractivity contribution in [3.05, 3.63) is 59.7 Å². The van der Waals surface area contributed by atoms with E-state index in [1.165, 1.54) is 4.90 Å². The molecule has 1 N–H and O–H groups in total. The molecule has 1 unspecified atom stereocenters. The normalized spacial score (nSPS) is 14.5. The van der Waals surface area contributed by atoms with Gasteiger partial charge in [0.2, 0.25) is 5.91 Å². The molecule has 1 aliphatic heterocycles. The molecule has 0 radical (unpaired) electrons. The van der Waals surface area contributed by atoms with Crippen LogP contribution < -0.4 is 10.2 Å². The van der Waals surface area contributed by atoms with Gasteiger partial charge in [0.05, 0.1) is 11.3 Å². The first kappa shape index (κ1) is 15.9. The number of aryl methyl sites for hydroxylation is 1. The van der Waals surface area contributed by atoms with Crippen LogP contribution in [0, 0.1) is 6.92 Å². The number of anilines is 2. The number of benzene rings is 2. The Morgan fingerprint density at radius 1 is 1.12 bits per heavy atom. The Kier molecular flexibility index (Phi) is 4.16. The highest BCUT2D eigenvalue weighted by molar-refractivity contribution is 6.53. The lowest BCUT2D eigenvalue weighted by Crippen LogP contribution is -2.46. The Morgan fingerprint density at radius 3 is 2.50 bits per heavy atom. The smallest absolute Gasteiger partial charge is 0.300 e. The molecule has 24 heavy (non-hydrogen) atoms. The fraction of sp³-hybridized carbons (Fsp3) is 0.211. The average Bonchev–Trinajstić information content (AvgIpc) is 2.81. The third-order valence-corrected chi connectivity index (χ3v) is 4.11. The van der Waals surface area contributed by atoms with Crippen molar-refractivity contribution in [3.63, 3.8) is 0 Å². The molecule has 0 spiro atoms. The second kappa shape index (κ2) is 6.28. The number of nitrogens with zero attached hydrogens (tertiary/aromatic N) is 1. The number of ketones is 1. The van der Waals surface area contributed by atoms with Crippen LogP contribution in [-0.4, -0.2) is 23.6 Å². The minimum Gasteiger partial charge on any atom is -0.324 e. The van der Waals surface area contributed by atoms with E-state index in [1.54, 1.807) is 24.3 Å². The van der Waals surface area contributed by atoms with Crippen LogP contribution in [0.2, 0.25) is 0 Å². The minimum absolute atomic E-state index is 0.307. The quantitative estimate of drug-likeness (QED) is 0.880. The molecule has 5 nitrogen and oxygen atoms in total. The molecule has 2 amide bonds. The van der Waals surface area contributed by atoms with Crippen LogP contribution in [0.3, 0.4) is 0 Å². The van der Waals surface area contributed by atoms with Gasteiger partial charge in [-0.15, -0.1) is 0 Å². The number of carbonyl (C=O) groups excluding carboxylic acids is 3. The molecule has 0 saturated carbocycles. The summed E-state index contributed by atoms with van der Waals surface area (Å²) in [6, 6.07) is 13.6. The molecule has 1 aliphatic rings. The van der Waals surface area contributed by atoms with Crippen molar-refractivity contribution in [1.82, 2.24) is 0 Å². The Morgan fingerprint density at radius 2 is 1.83 bits per heavy atom. The Bertz CT molecular complexity index is 815. The van der Waals surface area contributed by atoms with Crippen LogP contribution in [0.15, 0.2) is 48.5 Å². The SMILES string of the molecule is CCC(C(=O)Nc1ccccc1)N1C(=O)C(=O)c2cc(C)ccc21. The van der Waals surface area contributed by atoms with Gasteiger partial charge in [-0.25, -0.2) is 0 Å². The first-order valence-corrected chi connectivity index (χ1v) is 7.87. The summed E-state index contributed by atoms with van der Waals surface area (Å²) in [5, 5.41) is 2.80. The molecule has 2 aromatic carbocycles. The van der Waals surface area contributed by atoms with Gasteiger partial charge in [0.15, 0.2) is 0 Å². The van der Waals surface area contributed by atoms with E-state index in [1.807, 2.05) is 38.1 Å². The zero-order valence-electron chi connectivity index (χ0n) is 13.6. The highest BCUT2D eigenvalue weighted by Gasteiger charge is 2.41. The zero-order valence-corrected chi connectivity index (χ0v) is 13.6. The van der Waals surface area contributed by atoms with E-state index in [0.717, 1.165) is 5.56 Å². The maximum atomic E-state index is 12.6. The Labute approximate surface area is 140 Å². The largest absolute Gasteiger partial charge is 0.324 e. The minimum atomic E-state index is -0.731. The summed E-state index contributed by atoms with van der Waals surface area (Å²) in [6.07, 6.45) is 0.408. The van der Waals surface area contributed by atoms with Gasteiger partial charge in [-0.2, -0.15) is 0 Å². The van der Waals surface area contributed by atoms with E-state index in [9.17, 15) is 14.4 Å². The molecule has 0 fully saturated rings. The van der Waals surface area contributed by atoms with Crippen molar-refractivity contribution in [3.8, 4) is 0 Å². The van der Waals surface area contributed by atoms with Crippen molar-refractivity contribution in [2.24, 2.45) is 0 Å². The van der Waals surface area contributed by atoms with E-state index < -0.39 is 17.7 Å². The van der Waals surface area contributed by atoms with Gasteiger partial charge in [0.1, 0.15) is 6.04 Å². The molecule has 1 heterocycles. The number of fused-ring (bicyclic) bond motifs is 1. The second-order valence-electron chi connectivity index (χ2n) is 5.80. The standard InChI is InChI=1S/C19H18N2O3/c1-3-15(18(23)20-13-7-5-4-6-8-13)21-16-10-9-12(2)11-14(16)17(22)19(21)24/h4-11,15H,3H2,1-2H3,(H,20,23). The van der Waals surface area contributed by atoms with Crippen LogP contribution in [0.25, 0.3) is 0 Å². The molecule has 0 aliphatic carbocycles. The van der Waals surface area contributed by atoms with Crippen LogP contribution in [0.5, 0.6) is 0 Å². The van der Waals surface area contributed by atoms with Gasteiger partial charge in [-0.05, 0) is 37.6 Å². The lowest BCUT2D eigenvalue weighted by molar-refractivity contribution is -0.121. The van der Waals surface area contributed by atoms with E-state index in [4.69, 9.17) is 0 Å². The Hall–Kier alpha value is -2.95.